The van der Waals surface area contributed by atoms with Gasteiger partial charge in [0, 0.05) is 28.9 Å². The fourth-order valence-electron chi connectivity index (χ4n) is 5.20. The monoisotopic (exact) mass is 450 g/mol. The molecule has 0 heterocycles. The van der Waals surface area contributed by atoms with Gasteiger partial charge >= 0.3 is 11.9 Å². The molecule has 32 heavy (non-hydrogen) atoms. The van der Waals surface area contributed by atoms with E-state index in [1.807, 2.05) is 13.8 Å². The zero-order valence-corrected chi connectivity index (χ0v) is 20.5. The normalized spacial score (nSPS) is 38.3. The maximum atomic E-state index is 13.5. The first-order valence-electron chi connectivity index (χ1n) is 11.3. The lowest BCUT2D eigenvalue weighted by atomic mass is 9.66. The van der Waals surface area contributed by atoms with Crippen molar-refractivity contribution in [3.05, 3.63) is 23.3 Å². The molecule has 2 aliphatic carbocycles. The predicted molar refractivity (Wildman–Crippen MR) is 119 cm³/mol. The number of rotatable bonds is 5. The summed E-state index contributed by atoms with van der Waals surface area (Å²) < 4.78 is 11.5. The molecule has 0 unspecified atom stereocenters. The summed E-state index contributed by atoms with van der Waals surface area (Å²) in [5.41, 5.74) is -3.49. The molecule has 0 amide bonds. The SMILES string of the molecule is C/C=C(\C)C(=O)O[C@H]1C[C@@](C)(O)C(=O)[C@@H](OC(=O)/C(C)=C/C)[C@@]2(C)CC[C@@](O)(C(C)C)[C@H]12. The number of Topliss-reactive ketones (excluding diaryl/α,β-unsaturated/α-hetero) is 1. The second kappa shape index (κ2) is 9.10. The number of ketones is 1. The summed E-state index contributed by atoms with van der Waals surface area (Å²) in [7, 11) is 0. The summed E-state index contributed by atoms with van der Waals surface area (Å²) in [4.78, 5) is 38.8. The number of allylic oxidation sites excluding steroid dienone is 2. The molecule has 7 nitrogen and oxygen atoms in total. The molecular weight excluding hydrogens is 412 g/mol. The lowest BCUT2D eigenvalue weighted by molar-refractivity contribution is -0.176. The van der Waals surface area contributed by atoms with Crippen molar-refractivity contribution in [3.8, 4) is 0 Å². The molecule has 0 aromatic heterocycles. The van der Waals surface area contributed by atoms with Gasteiger partial charge in [0.05, 0.1) is 5.60 Å². The molecule has 0 saturated heterocycles. The van der Waals surface area contributed by atoms with Crippen LogP contribution in [-0.2, 0) is 23.9 Å². The lowest BCUT2D eigenvalue weighted by Gasteiger charge is -2.44. The molecule has 2 saturated carbocycles. The van der Waals surface area contributed by atoms with Gasteiger partial charge in [0.1, 0.15) is 11.7 Å². The van der Waals surface area contributed by atoms with Crippen LogP contribution in [-0.4, -0.2) is 51.3 Å². The van der Waals surface area contributed by atoms with E-state index in [4.69, 9.17) is 9.47 Å². The van der Waals surface area contributed by atoms with Crippen LogP contribution in [0, 0.1) is 17.3 Å². The topological polar surface area (TPSA) is 110 Å². The van der Waals surface area contributed by atoms with Crippen LogP contribution in [0.4, 0.5) is 0 Å². The number of hydrogen-bond donors (Lipinski definition) is 2. The maximum absolute atomic E-state index is 13.5. The lowest BCUT2D eigenvalue weighted by Crippen LogP contribution is -2.54. The standard InChI is InChI=1S/C25H38O7/c1-9-15(5)21(27)31-17-13-24(8,29)19(26)20(32-22(28)16(6)10-2)23(7)11-12-25(30,14(3)4)18(17)23/h9-10,14,17-18,20,29-30H,11-13H2,1-8H3/b15-9+,16-10+/t17-,18+,20+,23-,24+,25+/m0/s1. The number of ether oxygens (including phenoxy) is 2. The average molecular weight is 451 g/mol. The minimum Gasteiger partial charge on any atom is -0.458 e. The van der Waals surface area contributed by atoms with Crippen LogP contribution < -0.4 is 0 Å². The quantitative estimate of drug-likeness (QED) is 0.488. The Hall–Kier alpha value is -1.99. The molecule has 2 rings (SSSR count). The molecule has 0 spiro atoms. The summed E-state index contributed by atoms with van der Waals surface area (Å²) in [5.74, 6) is -2.80. The van der Waals surface area contributed by atoms with Crippen LogP contribution in [0.25, 0.3) is 0 Å². The van der Waals surface area contributed by atoms with Gasteiger partial charge in [-0.25, -0.2) is 9.59 Å². The van der Waals surface area contributed by atoms with E-state index in [9.17, 15) is 24.6 Å². The van der Waals surface area contributed by atoms with Gasteiger partial charge < -0.3 is 19.7 Å². The number of aliphatic hydroxyl groups is 2. The first-order valence-corrected chi connectivity index (χ1v) is 11.3. The molecule has 180 valence electrons. The smallest absolute Gasteiger partial charge is 0.334 e. The van der Waals surface area contributed by atoms with Gasteiger partial charge in [0.25, 0.3) is 0 Å². The molecule has 2 aliphatic rings. The predicted octanol–water partition coefficient (Wildman–Crippen LogP) is 3.27. The van der Waals surface area contributed by atoms with E-state index in [1.165, 1.54) is 6.92 Å². The molecule has 7 heteroatoms. The number of hydrogen-bond acceptors (Lipinski definition) is 7. The number of fused-ring (bicyclic) bond motifs is 1. The van der Waals surface area contributed by atoms with Gasteiger partial charge in [-0.05, 0) is 53.4 Å². The van der Waals surface area contributed by atoms with Crippen LogP contribution >= 0.6 is 0 Å². The third-order valence-corrected chi connectivity index (χ3v) is 7.64. The summed E-state index contributed by atoms with van der Waals surface area (Å²) in [5, 5.41) is 22.9. The molecule has 0 aliphatic heterocycles. The second-order valence-corrected chi connectivity index (χ2v) is 10.1. The highest BCUT2D eigenvalue weighted by molar-refractivity contribution is 5.96. The van der Waals surface area contributed by atoms with Gasteiger partial charge in [-0.3, -0.25) is 4.79 Å². The molecule has 2 N–H and O–H groups in total. The zero-order chi connectivity index (χ0) is 24.6. The highest BCUT2D eigenvalue weighted by atomic mass is 16.6. The molecular formula is C25H38O7. The third-order valence-electron chi connectivity index (χ3n) is 7.64. The Morgan fingerprint density at radius 2 is 1.50 bits per heavy atom. The Balaban J connectivity index is 2.67. The summed E-state index contributed by atoms with van der Waals surface area (Å²) >= 11 is 0. The van der Waals surface area contributed by atoms with Crippen molar-refractivity contribution in [3.63, 3.8) is 0 Å². The third kappa shape index (κ3) is 4.42. The molecule has 6 atom stereocenters. The summed E-state index contributed by atoms with van der Waals surface area (Å²) in [6, 6.07) is 0. The van der Waals surface area contributed by atoms with Crippen LogP contribution in [0.1, 0.15) is 74.7 Å². The highest BCUT2D eigenvalue weighted by Crippen LogP contribution is 2.59. The molecule has 0 radical (unpaired) electrons. The Morgan fingerprint density at radius 1 is 1.00 bits per heavy atom. The second-order valence-electron chi connectivity index (χ2n) is 10.1. The highest BCUT2D eigenvalue weighted by Gasteiger charge is 2.68. The number of carbonyl (C=O) groups excluding carboxylic acids is 3. The van der Waals surface area contributed by atoms with Crippen LogP contribution in [0.15, 0.2) is 23.3 Å². The first-order chi connectivity index (χ1) is 14.7. The van der Waals surface area contributed by atoms with E-state index >= 15 is 0 Å². The summed E-state index contributed by atoms with van der Waals surface area (Å²) in [6.07, 6.45) is 1.51. The van der Waals surface area contributed by atoms with Crippen molar-refractivity contribution >= 4 is 17.7 Å². The van der Waals surface area contributed by atoms with Crippen molar-refractivity contribution in [2.24, 2.45) is 17.3 Å². The van der Waals surface area contributed by atoms with Crippen molar-refractivity contribution in [2.75, 3.05) is 0 Å². The minimum absolute atomic E-state index is 0.194. The van der Waals surface area contributed by atoms with Crippen molar-refractivity contribution in [2.45, 2.75) is 98.1 Å². The Bertz CT molecular complexity index is 837. The maximum Gasteiger partial charge on any atom is 0.334 e. The van der Waals surface area contributed by atoms with Crippen LogP contribution in [0.3, 0.4) is 0 Å². The largest absolute Gasteiger partial charge is 0.458 e. The van der Waals surface area contributed by atoms with Gasteiger partial charge in [0.15, 0.2) is 6.10 Å². The van der Waals surface area contributed by atoms with E-state index in [0.29, 0.717) is 24.0 Å². The molecule has 2 fully saturated rings. The Morgan fingerprint density at radius 3 is 1.97 bits per heavy atom. The number of esters is 2. The van der Waals surface area contributed by atoms with Gasteiger partial charge in [-0.1, -0.05) is 32.9 Å². The Labute approximate surface area is 190 Å². The molecule has 0 aromatic carbocycles. The summed E-state index contributed by atoms with van der Waals surface area (Å²) in [6.45, 7) is 13.5. The van der Waals surface area contributed by atoms with Gasteiger partial charge in [-0.15, -0.1) is 0 Å². The van der Waals surface area contributed by atoms with E-state index in [2.05, 4.69) is 0 Å². The number of carbonyl (C=O) groups is 3. The van der Waals surface area contributed by atoms with Crippen LogP contribution in [0.5, 0.6) is 0 Å². The van der Waals surface area contributed by atoms with E-state index in [1.54, 1.807) is 46.8 Å². The van der Waals surface area contributed by atoms with Crippen LogP contribution in [0.2, 0.25) is 0 Å². The average Bonchev–Trinajstić information content (AvgIpc) is 2.98. The molecule has 0 bridgehead atoms. The fraction of sp³-hybridized carbons (Fsp3) is 0.720. The van der Waals surface area contributed by atoms with Gasteiger partial charge in [-0.2, -0.15) is 0 Å². The molecule has 0 aromatic rings. The van der Waals surface area contributed by atoms with Crippen molar-refractivity contribution < 1.29 is 34.1 Å². The first kappa shape index (κ1) is 26.3. The Kier molecular flexibility index (Phi) is 7.47. The minimum atomic E-state index is -1.91. The van der Waals surface area contributed by atoms with Crippen molar-refractivity contribution in [1.82, 2.24) is 0 Å². The van der Waals surface area contributed by atoms with Crippen molar-refractivity contribution in [1.29, 1.82) is 0 Å². The van der Waals surface area contributed by atoms with E-state index in [0.717, 1.165) is 0 Å². The zero-order valence-electron chi connectivity index (χ0n) is 20.5. The van der Waals surface area contributed by atoms with E-state index in [-0.39, 0.29) is 12.3 Å². The van der Waals surface area contributed by atoms with E-state index < -0.39 is 52.5 Å². The fourth-order valence-corrected chi connectivity index (χ4v) is 5.20. The van der Waals surface area contributed by atoms with Gasteiger partial charge in [0.2, 0.25) is 5.78 Å².